The maximum atomic E-state index is 11.8. The molecule has 78 valence electrons. The van der Waals surface area contributed by atoms with E-state index < -0.39 is 5.72 Å². The molecular formula is C11H17NO2. The third kappa shape index (κ3) is 1.51. The Balaban J connectivity index is 2.27. The third-order valence-electron chi connectivity index (χ3n) is 3.09. The summed E-state index contributed by atoms with van der Waals surface area (Å²) in [5.41, 5.74) is 0.398. The largest absolute Gasteiger partial charge is 0.472 e. The smallest absolute Gasteiger partial charge is 0.253 e. The molecule has 0 aromatic carbocycles. The van der Waals surface area contributed by atoms with Gasteiger partial charge in [-0.15, -0.1) is 0 Å². The van der Waals surface area contributed by atoms with E-state index in [1.807, 2.05) is 13.8 Å². The van der Waals surface area contributed by atoms with Crippen LogP contribution in [0.25, 0.3) is 0 Å². The summed E-state index contributed by atoms with van der Waals surface area (Å²) >= 11 is 0. The molecule has 0 bridgehead atoms. The number of carbonyl (C=O) groups is 1. The van der Waals surface area contributed by atoms with E-state index in [-0.39, 0.29) is 5.91 Å². The Labute approximate surface area is 84.5 Å². The van der Waals surface area contributed by atoms with Gasteiger partial charge in [-0.25, -0.2) is 0 Å². The topological polar surface area (TPSA) is 38.3 Å². The summed E-state index contributed by atoms with van der Waals surface area (Å²) < 4.78 is 5.85. The number of carbonyl (C=O) groups excluding carboxylic acids is 1. The van der Waals surface area contributed by atoms with E-state index in [0.717, 1.165) is 43.4 Å². The zero-order valence-electron chi connectivity index (χ0n) is 8.85. The summed E-state index contributed by atoms with van der Waals surface area (Å²) in [5, 5.41) is 2.92. The standard InChI is InChI=1S/C11H17NO2/c1-3-11(2)12-10(13)8-6-4-5-7-9(8)14-11/h3-7H2,1-2H3,(H,12,13)/t11-/m0/s1. The molecule has 0 unspecified atom stereocenters. The van der Waals surface area contributed by atoms with Crippen molar-refractivity contribution in [2.24, 2.45) is 0 Å². The van der Waals surface area contributed by atoms with E-state index >= 15 is 0 Å². The number of hydrogen-bond donors (Lipinski definition) is 1. The predicted molar refractivity (Wildman–Crippen MR) is 53.4 cm³/mol. The highest BCUT2D eigenvalue weighted by atomic mass is 16.5. The third-order valence-corrected chi connectivity index (χ3v) is 3.09. The average molecular weight is 195 g/mol. The summed E-state index contributed by atoms with van der Waals surface area (Å²) in [6.45, 7) is 3.96. The number of hydrogen-bond acceptors (Lipinski definition) is 2. The van der Waals surface area contributed by atoms with Gasteiger partial charge >= 0.3 is 0 Å². The Morgan fingerprint density at radius 1 is 1.43 bits per heavy atom. The monoisotopic (exact) mass is 195 g/mol. The van der Waals surface area contributed by atoms with Gasteiger partial charge < -0.3 is 10.1 Å². The summed E-state index contributed by atoms with van der Waals surface area (Å²) in [7, 11) is 0. The first-order valence-electron chi connectivity index (χ1n) is 5.38. The van der Waals surface area contributed by atoms with E-state index in [9.17, 15) is 4.79 Å². The van der Waals surface area contributed by atoms with Crippen molar-refractivity contribution >= 4 is 5.91 Å². The number of rotatable bonds is 1. The molecule has 0 saturated carbocycles. The van der Waals surface area contributed by atoms with Crippen LogP contribution in [0.5, 0.6) is 0 Å². The van der Waals surface area contributed by atoms with Crippen LogP contribution in [-0.4, -0.2) is 11.6 Å². The fourth-order valence-corrected chi connectivity index (χ4v) is 2.00. The second-order valence-corrected chi connectivity index (χ2v) is 4.25. The van der Waals surface area contributed by atoms with Gasteiger partial charge in [0.25, 0.3) is 5.91 Å². The minimum absolute atomic E-state index is 0.0790. The highest BCUT2D eigenvalue weighted by molar-refractivity contribution is 5.95. The van der Waals surface area contributed by atoms with Crippen LogP contribution in [0.3, 0.4) is 0 Å². The Bertz CT molecular complexity index is 296. The van der Waals surface area contributed by atoms with Crippen molar-refractivity contribution in [3.05, 3.63) is 11.3 Å². The normalized spacial score (nSPS) is 32.0. The SMILES string of the molecule is CC[C@@]1(C)NC(=O)C2=C(CCCC2)O1. The summed E-state index contributed by atoms with van der Waals surface area (Å²) in [6, 6.07) is 0. The fourth-order valence-electron chi connectivity index (χ4n) is 2.00. The molecule has 0 aromatic heterocycles. The lowest BCUT2D eigenvalue weighted by Gasteiger charge is -2.38. The van der Waals surface area contributed by atoms with Crippen molar-refractivity contribution in [1.29, 1.82) is 0 Å². The molecule has 2 aliphatic rings. The van der Waals surface area contributed by atoms with E-state index in [0.29, 0.717) is 0 Å². The predicted octanol–water partition coefficient (Wildman–Crippen LogP) is 2.09. The molecule has 1 aliphatic carbocycles. The molecule has 0 radical (unpaired) electrons. The van der Waals surface area contributed by atoms with Crippen LogP contribution in [-0.2, 0) is 9.53 Å². The molecule has 1 aliphatic heterocycles. The van der Waals surface area contributed by atoms with Crippen LogP contribution in [0.2, 0.25) is 0 Å². The molecule has 1 heterocycles. The van der Waals surface area contributed by atoms with Gasteiger partial charge in [0, 0.05) is 12.8 Å². The van der Waals surface area contributed by atoms with Crippen molar-refractivity contribution in [3.8, 4) is 0 Å². The Hall–Kier alpha value is -0.990. The Morgan fingerprint density at radius 3 is 2.86 bits per heavy atom. The average Bonchev–Trinajstić information content (AvgIpc) is 2.18. The first kappa shape index (κ1) is 9.56. The Kier molecular flexibility index (Phi) is 2.25. The maximum absolute atomic E-state index is 11.8. The highest BCUT2D eigenvalue weighted by Gasteiger charge is 2.36. The van der Waals surface area contributed by atoms with Crippen molar-refractivity contribution < 1.29 is 9.53 Å². The van der Waals surface area contributed by atoms with Crippen LogP contribution in [0.15, 0.2) is 11.3 Å². The molecular weight excluding hydrogens is 178 g/mol. The quantitative estimate of drug-likeness (QED) is 0.695. The van der Waals surface area contributed by atoms with Gasteiger partial charge in [0.15, 0.2) is 5.72 Å². The molecule has 2 rings (SSSR count). The number of ether oxygens (including phenoxy) is 1. The van der Waals surface area contributed by atoms with Crippen molar-refractivity contribution in [2.45, 2.75) is 51.7 Å². The van der Waals surface area contributed by atoms with Gasteiger partial charge in [-0.3, -0.25) is 4.79 Å². The molecule has 0 aromatic rings. The molecule has 14 heavy (non-hydrogen) atoms. The molecule has 0 fully saturated rings. The second-order valence-electron chi connectivity index (χ2n) is 4.25. The molecule has 1 amide bonds. The van der Waals surface area contributed by atoms with Crippen LogP contribution in [0.1, 0.15) is 46.0 Å². The molecule has 3 heteroatoms. The van der Waals surface area contributed by atoms with Gasteiger partial charge in [0.1, 0.15) is 5.76 Å². The summed E-state index contributed by atoms with van der Waals surface area (Å²) in [6.07, 6.45) is 4.86. The zero-order chi connectivity index (χ0) is 10.2. The van der Waals surface area contributed by atoms with E-state index in [2.05, 4.69) is 5.32 Å². The van der Waals surface area contributed by atoms with Gasteiger partial charge in [-0.1, -0.05) is 6.92 Å². The van der Waals surface area contributed by atoms with Gasteiger partial charge in [-0.2, -0.15) is 0 Å². The zero-order valence-corrected chi connectivity index (χ0v) is 8.85. The van der Waals surface area contributed by atoms with Crippen LogP contribution >= 0.6 is 0 Å². The molecule has 1 N–H and O–H groups in total. The number of nitrogens with one attached hydrogen (secondary N) is 1. The van der Waals surface area contributed by atoms with Crippen LogP contribution in [0.4, 0.5) is 0 Å². The Morgan fingerprint density at radius 2 is 2.14 bits per heavy atom. The minimum Gasteiger partial charge on any atom is -0.472 e. The molecule has 0 saturated heterocycles. The van der Waals surface area contributed by atoms with E-state index in [1.165, 1.54) is 0 Å². The lowest BCUT2D eigenvalue weighted by molar-refractivity contribution is -0.131. The molecule has 1 atom stereocenters. The molecule has 3 nitrogen and oxygen atoms in total. The first-order valence-corrected chi connectivity index (χ1v) is 5.38. The number of allylic oxidation sites excluding steroid dienone is 1. The van der Waals surface area contributed by atoms with E-state index in [4.69, 9.17) is 4.74 Å². The number of amides is 1. The van der Waals surface area contributed by atoms with Crippen molar-refractivity contribution in [3.63, 3.8) is 0 Å². The van der Waals surface area contributed by atoms with Gasteiger partial charge in [-0.05, 0) is 26.2 Å². The first-order chi connectivity index (χ1) is 6.64. The van der Waals surface area contributed by atoms with Crippen molar-refractivity contribution in [2.75, 3.05) is 0 Å². The summed E-state index contributed by atoms with van der Waals surface area (Å²) in [5.74, 6) is 1.01. The van der Waals surface area contributed by atoms with Crippen LogP contribution in [0, 0.1) is 0 Å². The lowest BCUT2D eigenvalue weighted by atomic mass is 9.94. The van der Waals surface area contributed by atoms with E-state index in [1.54, 1.807) is 0 Å². The van der Waals surface area contributed by atoms with Gasteiger partial charge in [0.05, 0.1) is 5.57 Å². The second kappa shape index (κ2) is 3.30. The fraction of sp³-hybridized carbons (Fsp3) is 0.727. The molecule has 0 spiro atoms. The minimum atomic E-state index is -0.479. The lowest BCUT2D eigenvalue weighted by Crippen LogP contribution is -2.52. The highest BCUT2D eigenvalue weighted by Crippen LogP contribution is 2.33. The van der Waals surface area contributed by atoms with Crippen molar-refractivity contribution in [1.82, 2.24) is 5.32 Å². The summed E-state index contributed by atoms with van der Waals surface area (Å²) in [4.78, 5) is 11.8. The maximum Gasteiger partial charge on any atom is 0.253 e. The van der Waals surface area contributed by atoms with Gasteiger partial charge in [0.2, 0.25) is 0 Å². The van der Waals surface area contributed by atoms with Crippen LogP contribution < -0.4 is 5.32 Å².